The third kappa shape index (κ3) is 5.57. The van der Waals surface area contributed by atoms with E-state index >= 15 is 0 Å². The number of aliphatic carboxylic acids is 1. The Bertz CT molecular complexity index is 609. The highest BCUT2D eigenvalue weighted by Gasteiger charge is 2.31. The van der Waals surface area contributed by atoms with Crippen LogP contribution in [0.3, 0.4) is 0 Å². The van der Waals surface area contributed by atoms with Gasteiger partial charge in [0.05, 0.1) is 12.0 Å². The van der Waals surface area contributed by atoms with Crippen molar-refractivity contribution in [2.24, 2.45) is 11.8 Å². The van der Waals surface area contributed by atoms with Crippen LogP contribution in [-0.4, -0.2) is 44.9 Å². The fourth-order valence-electron chi connectivity index (χ4n) is 3.24. The van der Waals surface area contributed by atoms with Crippen LogP contribution >= 0.6 is 0 Å². The lowest BCUT2D eigenvalue weighted by Gasteiger charge is -2.26. The van der Waals surface area contributed by atoms with Crippen LogP contribution in [0.4, 0.5) is 0 Å². The second kappa shape index (κ2) is 9.35. The number of nitrogens with zero attached hydrogens (tertiary/aromatic N) is 1. The molecule has 8 nitrogen and oxygen atoms in total. The number of amides is 2. The van der Waals surface area contributed by atoms with Crippen LogP contribution in [0.5, 0.6) is 0 Å². The Morgan fingerprint density at radius 2 is 1.92 bits per heavy atom. The predicted molar refractivity (Wildman–Crippen MR) is 95.2 cm³/mol. The first kappa shape index (κ1) is 19.9. The van der Waals surface area contributed by atoms with Gasteiger partial charge in [-0.25, -0.2) is 9.78 Å². The molecule has 8 heteroatoms. The maximum absolute atomic E-state index is 12.7. The van der Waals surface area contributed by atoms with E-state index in [1.165, 1.54) is 6.33 Å². The van der Waals surface area contributed by atoms with E-state index in [4.69, 9.17) is 0 Å². The largest absolute Gasteiger partial charge is 0.480 e. The van der Waals surface area contributed by atoms with Crippen LogP contribution in [-0.2, 0) is 20.8 Å². The predicted octanol–water partition coefficient (Wildman–Crippen LogP) is 1.24. The number of hydrogen-bond donors (Lipinski definition) is 4. The van der Waals surface area contributed by atoms with Gasteiger partial charge in [-0.2, -0.15) is 0 Å². The van der Waals surface area contributed by atoms with E-state index in [0.29, 0.717) is 5.69 Å². The monoisotopic (exact) mass is 364 g/mol. The number of hydrogen-bond acceptors (Lipinski definition) is 4. The zero-order valence-electron chi connectivity index (χ0n) is 15.3. The number of carbonyl (C=O) groups is 3. The van der Waals surface area contributed by atoms with Gasteiger partial charge >= 0.3 is 5.97 Å². The molecule has 0 saturated heterocycles. The van der Waals surface area contributed by atoms with Gasteiger partial charge in [-0.1, -0.05) is 33.1 Å². The molecule has 26 heavy (non-hydrogen) atoms. The highest BCUT2D eigenvalue weighted by molar-refractivity contribution is 5.91. The van der Waals surface area contributed by atoms with Gasteiger partial charge in [-0.15, -0.1) is 0 Å². The molecule has 1 aliphatic carbocycles. The quantitative estimate of drug-likeness (QED) is 0.552. The number of H-pyrrole nitrogens is 1. The van der Waals surface area contributed by atoms with Crippen molar-refractivity contribution in [3.05, 3.63) is 18.2 Å². The Morgan fingerprint density at radius 1 is 1.23 bits per heavy atom. The Kier molecular flexibility index (Phi) is 7.17. The molecule has 4 N–H and O–H groups in total. The first-order valence-electron chi connectivity index (χ1n) is 9.19. The fraction of sp³-hybridized carbons (Fsp3) is 0.667. The number of carboxylic acid groups (broad SMARTS) is 1. The van der Waals surface area contributed by atoms with Gasteiger partial charge < -0.3 is 20.7 Å². The van der Waals surface area contributed by atoms with E-state index in [0.717, 1.165) is 32.1 Å². The van der Waals surface area contributed by atoms with Crippen molar-refractivity contribution in [3.8, 4) is 0 Å². The summed E-state index contributed by atoms with van der Waals surface area (Å²) in [6.45, 7) is 3.45. The molecule has 144 valence electrons. The van der Waals surface area contributed by atoms with Crippen molar-refractivity contribution in [1.82, 2.24) is 20.6 Å². The van der Waals surface area contributed by atoms with E-state index in [1.807, 2.05) is 0 Å². The molecule has 0 aliphatic heterocycles. The number of carboxylic acids is 1. The van der Waals surface area contributed by atoms with E-state index < -0.39 is 24.0 Å². The molecule has 0 aromatic carbocycles. The van der Waals surface area contributed by atoms with Crippen molar-refractivity contribution < 1.29 is 19.5 Å². The molecule has 0 spiro atoms. The molecular weight excluding hydrogens is 336 g/mol. The second-order valence-corrected chi connectivity index (χ2v) is 7.23. The number of carbonyl (C=O) groups excluding carboxylic acids is 2. The topological polar surface area (TPSA) is 124 Å². The minimum atomic E-state index is -1.09. The number of aromatic amines is 1. The molecule has 0 radical (unpaired) electrons. The van der Waals surface area contributed by atoms with Crippen LogP contribution in [0.1, 0.15) is 51.6 Å². The van der Waals surface area contributed by atoms with Crippen molar-refractivity contribution in [1.29, 1.82) is 0 Å². The summed E-state index contributed by atoms with van der Waals surface area (Å²) in [6, 6.07) is -1.86. The number of rotatable bonds is 8. The first-order valence-corrected chi connectivity index (χ1v) is 9.19. The number of aromatic nitrogens is 2. The van der Waals surface area contributed by atoms with Gasteiger partial charge in [0, 0.05) is 18.5 Å². The highest BCUT2D eigenvalue weighted by atomic mass is 16.4. The summed E-state index contributed by atoms with van der Waals surface area (Å²) < 4.78 is 0. The van der Waals surface area contributed by atoms with Gasteiger partial charge in [-0.05, 0) is 18.8 Å². The molecule has 0 bridgehead atoms. The fourth-order valence-corrected chi connectivity index (χ4v) is 3.24. The molecule has 1 aliphatic rings. The Labute approximate surface area is 153 Å². The van der Waals surface area contributed by atoms with Crippen LogP contribution in [0.2, 0.25) is 0 Å². The SMILES string of the molecule is CC(C)[C@@H](NC(=O)[C@H](Cc1c[nH]cn1)NC(=O)C1CCCCC1)C(=O)O. The smallest absolute Gasteiger partial charge is 0.326 e. The maximum atomic E-state index is 12.7. The molecule has 2 rings (SSSR count). The average molecular weight is 364 g/mol. The third-order valence-electron chi connectivity index (χ3n) is 4.81. The van der Waals surface area contributed by atoms with E-state index in [9.17, 15) is 19.5 Å². The third-order valence-corrected chi connectivity index (χ3v) is 4.81. The normalized spacial score (nSPS) is 17.5. The summed E-state index contributed by atoms with van der Waals surface area (Å²) in [6.07, 6.45) is 8.18. The summed E-state index contributed by atoms with van der Waals surface area (Å²) in [7, 11) is 0. The van der Waals surface area contributed by atoms with Crippen molar-refractivity contribution in [3.63, 3.8) is 0 Å². The van der Waals surface area contributed by atoms with E-state index in [2.05, 4.69) is 20.6 Å². The first-order chi connectivity index (χ1) is 12.4. The van der Waals surface area contributed by atoms with Crippen molar-refractivity contribution in [2.45, 2.75) is 64.5 Å². The molecule has 1 aromatic heterocycles. The van der Waals surface area contributed by atoms with Gasteiger partial charge in [0.1, 0.15) is 12.1 Å². The Balaban J connectivity index is 2.07. The minimum Gasteiger partial charge on any atom is -0.480 e. The van der Waals surface area contributed by atoms with E-state index in [1.54, 1.807) is 20.0 Å². The summed E-state index contributed by atoms with van der Waals surface area (Å²) in [5, 5.41) is 14.7. The Morgan fingerprint density at radius 3 is 2.46 bits per heavy atom. The summed E-state index contributed by atoms with van der Waals surface area (Å²) in [4.78, 5) is 43.5. The van der Waals surface area contributed by atoms with Crippen LogP contribution in [0.25, 0.3) is 0 Å². The van der Waals surface area contributed by atoms with Gasteiger partial charge in [0.25, 0.3) is 0 Å². The van der Waals surface area contributed by atoms with Gasteiger partial charge in [0.2, 0.25) is 11.8 Å². The Hall–Kier alpha value is -2.38. The maximum Gasteiger partial charge on any atom is 0.326 e. The number of imidazole rings is 1. The summed E-state index contributed by atoms with van der Waals surface area (Å²) >= 11 is 0. The van der Waals surface area contributed by atoms with Crippen molar-refractivity contribution in [2.75, 3.05) is 0 Å². The van der Waals surface area contributed by atoms with E-state index in [-0.39, 0.29) is 24.2 Å². The molecule has 1 aromatic rings. The van der Waals surface area contributed by atoms with Crippen LogP contribution in [0.15, 0.2) is 12.5 Å². The minimum absolute atomic E-state index is 0.0846. The summed E-state index contributed by atoms with van der Waals surface area (Å²) in [5.41, 5.74) is 0.630. The average Bonchev–Trinajstić information content (AvgIpc) is 3.12. The lowest BCUT2D eigenvalue weighted by atomic mass is 9.88. The van der Waals surface area contributed by atoms with Gasteiger partial charge in [-0.3, -0.25) is 9.59 Å². The standard InChI is InChI=1S/C18H28N4O4/c1-11(2)15(18(25)26)22-17(24)14(8-13-9-19-10-20-13)21-16(23)12-6-4-3-5-7-12/h9-12,14-15H,3-8H2,1-2H3,(H,19,20)(H,21,23)(H,22,24)(H,25,26)/t14-,15+/m0/s1. The van der Waals surface area contributed by atoms with Crippen LogP contribution in [0, 0.1) is 11.8 Å². The van der Waals surface area contributed by atoms with Gasteiger partial charge in [0.15, 0.2) is 0 Å². The second-order valence-electron chi connectivity index (χ2n) is 7.23. The van der Waals surface area contributed by atoms with Crippen LogP contribution < -0.4 is 10.6 Å². The molecule has 2 amide bonds. The molecule has 1 fully saturated rings. The highest BCUT2D eigenvalue weighted by Crippen LogP contribution is 2.23. The zero-order chi connectivity index (χ0) is 19.1. The molecule has 0 unspecified atom stereocenters. The molecule has 1 saturated carbocycles. The van der Waals surface area contributed by atoms with Crippen molar-refractivity contribution >= 4 is 17.8 Å². The molecule has 2 atom stereocenters. The lowest BCUT2D eigenvalue weighted by molar-refractivity contribution is -0.143. The number of nitrogens with one attached hydrogen (secondary N) is 3. The summed E-state index contributed by atoms with van der Waals surface area (Å²) in [5.74, 6) is -2.09. The zero-order valence-corrected chi connectivity index (χ0v) is 15.3. The molecular formula is C18H28N4O4. The lowest BCUT2D eigenvalue weighted by Crippen LogP contribution is -2.54. The molecule has 1 heterocycles.